The Morgan fingerprint density at radius 3 is 2.56 bits per heavy atom. The summed E-state index contributed by atoms with van der Waals surface area (Å²) in [6.07, 6.45) is 4.92. The van der Waals surface area contributed by atoms with Crippen LogP contribution in [0.25, 0.3) is 0 Å². The number of amides is 1. The van der Waals surface area contributed by atoms with Gasteiger partial charge in [-0.05, 0) is 56.2 Å². The summed E-state index contributed by atoms with van der Waals surface area (Å²) in [7, 11) is 0. The molecular weight excluding hydrogens is 246 g/mol. The van der Waals surface area contributed by atoms with E-state index in [4.69, 9.17) is 11.6 Å². The number of carbonyl (C=O) groups excluding carboxylic acids is 1. The van der Waals surface area contributed by atoms with Crippen molar-refractivity contribution in [2.24, 2.45) is 0 Å². The van der Waals surface area contributed by atoms with Gasteiger partial charge in [-0.15, -0.1) is 11.6 Å². The molecule has 0 saturated carbocycles. The standard InChI is InChI=1S/C15H20ClNO/c1-10(16)15(18)17-11(2)13-8-7-12-5-3-4-6-14(12)9-13/h7-11H,3-6H2,1-2H3,(H,17,18). The SMILES string of the molecule is CC(Cl)C(=O)NC(C)c1ccc2c(c1)CCCC2. The molecular formula is C15H20ClNO. The second-order valence-electron chi connectivity index (χ2n) is 5.08. The largest absolute Gasteiger partial charge is 0.348 e. The van der Waals surface area contributed by atoms with Crippen molar-refractivity contribution in [1.29, 1.82) is 0 Å². The van der Waals surface area contributed by atoms with Crippen molar-refractivity contribution < 1.29 is 4.79 Å². The van der Waals surface area contributed by atoms with Gasteiger partial charge in [-0.25, -0.2) is 0 Å². The fourth-order valence-electron chi connectivity index (χ4n) is 2.43. The molecule has 0 fully saturated rings. The number of fused-ring (bicyclic) bond motifs is 1. The lowest BCUT2D eigenvalue weighted by Crippen LogP contribution is -2.32. The Kier molecular flexibility index (Phi) is 4.28. The summed E-state index contributed by atoms with van der Waals surface area (Å²) in [6.45, 7) is 3.69. The summed E-state index contributed by atoms with van der Waals surface area (Å²) in [5, 5.41) is 2.45. The third-order valence-electron chi connectivity index (χ3n) is 3.59. The Hall–Kier alpha value is -1.02. The quantitative estimate of drug-likeness (QED) is 0.834. The third kappa shape index (κ3) is 3.05. The molecule has 2 nitrogen and oxygen atoms in total. The summed E-state index contributed by atoms with van der Waals surface area (Å²) in [4.78, 5) is 11.6. The highest BCUT2D eigenvalue weighted by Crippen LogP contribution is 2.24. The van der Waals surface area contributed by atoms with Gasteiger partial charge >= 0.3 is 0 Å². The summed E-state index contributed by atoms with van der Waals surface area (Å²) < 4.78 is 0. The molecule has 0 heterocycles. The maximum Gasteiger partial charge on any atom is 0.238 e. The molecule has 0 bridgehead atoms. The van der Waals surface area contributed by atoms with Gasteiger partial charge in [0, 0.05) is 0 Å². The average molecular weight is 266 g/mol. The van der Waals surface area contributed by atoms with Crippen molar-refractivity contribution in [1.82, 2.24) is 5.32 Å². The molecule has 0 radical (unpaired) electrons. The van der Waals surface area contributed by atoms with E-state index in [1.165, 1.54) is 36.0 Å². The van der Waals surface area contributed by atoms with Crippen molar-refractivity contribution >= 4 is 17.5 Å². The molecule has 0 saturated heterocycles. The van der Waals surface area contributed by atoms with Crippen LogP contribution in [0.2, 0.25) is 0 Å². The minimum absolute atomic E-state index is 0.0194. The zero-order valence-electron chi connectivity index (χ0n) is 11.0. The molecule has 2 unspecified atom stereocenters. The number of aryl methyl sites for hydroxylation is 2. The number of hydrogen-bond donors (Lipinski definition) is 1. The molecule has 0 aromatic heterocycles. The van der Waals surface area contributed by atoms with Gasteiger partial charge in [0.15, 0.2) is 0 Å². The van der Waals surface area contributed by atoms with E-state index >= 15 is 0 Å². The Morgan fingerprint density at radius 1 is 1.22 bits per heavy atom. The lowest BCUT2D eigenvalue weighted by molar-refractivity contribution is -0.121. The molecule has 0 spiro atoms. The first kappa shape index (κ1) is 13.4. The Bertz CT molecular complexity index is 442. The maximum absolute atomic E-state index is 11.6. The van der Waals surface area contributed by atoms with Crippen LogP contribution >= 0.6 is 11.6 Å². The van der Waals surface area contributed by atoms with E-state index in [1.54, 1.807) is 6.92 Å². The summed E-state index contributed by atoms with van der Waals surface area (Å²) >= 11 is 5.76. The van der Waals surface area contributed by atoms with Crippen LogP contribution in [0.15, 0.2) is 18.2 Å². The van der Waals surface area contributed by atoms with Crippen LogP contribution in [-0.2, 0) is 17.6 Å². The van der Waals surface area contributed by atoms with Crippen LogP contribution in [0.4, 0.5) is 0 Å². The van der Waals surface area contributed by atoms with Gasteiger partial charge in [0.05, 0.1) is 6.04 Å². The van der Waals surface area contributed by atoms with Gasteiger partial charge < -0.3 is 5.32 Å². The van der Waals surface area contributed by atoms with Crippen LogP contribution in [0.3, 0.4) is 0 Å². The fourth-order valence-corrected chi connectivity index (χ4v) is 2.50. The van der Waals surface area contributed by atoms with Crippen molar-refractivity contribution in [2.75, 3.05) is 0 Å². The minimum atomic E-state index is -0.481. The number of halogens is 1. The number of carbonyl (C=O) groups is 1. The highest BCUT2D eigenvalue weighted by atomic mass is 35.5. The molecule has 1 aromatic rings. The molecule has 2 atom stereocenters. The number of benzene rings is 1. The van der Waals surface area contributed by atoms with Crippen LogP contribution in [0.1, 0.15) is 49.4 Å². The smallest absolute Gasteiger partial charge is 0.238 e. The summed E-state index contributed by atoms with van der Waals surface area (Å²) in [5.74, 6) is -0.109. The van der Waals surface area contributed by atoms with Crippen LogP contribution in [-0.4, -0.2) is 11.3 Å². The van der Waals surface area contributed by atoms with Gasteiger partial charge in [-0.3, -0.25) is 4.79 Å². The van der Waals surface area contributed by atoms with E-state index in [9.17, 15) is 4.79 Å². The molecule has 98 valence electrons. The van der Waals surface area contributed by atoms with Crippen LogP contribution in [0, 0.1) is 0 Å². The third-order valence-corrected chi connectivity index (χ3v) is 3.79. The zero-order chi connectivity index (χ0) is 13.1. The normalized spacial score (nSPS) is 17.7. The molecule has 2 rings (SSSR count). The van der Waals surface area contributed by atoms with E-state index in [1.807, 2.05) is 6.92 Å². The molecule has 1 aliphatic rings. The topological polar surface area (TPSA) is 29.1 Å². The second-order valence-corrected chi connectivity index (χ2v) is 5.74. The molecule has 18 heavy (non-hydrogen) atoms. The molecule has 1 aromatic carbocycles. The average Bonchev–Trinajstić information content (AvgIpc) is 2.37. The van der Waals surface area contributed by atoms with Crippen LogP contribution in [0.5, 0.6) is 0 Å². The zero-order valence-corrected chi connectivity index (χ0v) is 11.8. The highest BCUT2D eigenvalue weighted by Gasteiger charge is 2.16. The Labute approximate surface area is 114 Å². The molecule has 0 aliphatic heterocycles. The first-order valence-corrected chi connectivity index (χ1v) is 7.07. The van der Waals surface area contributed by atoms with Crippen LogP contribution < -0.4 is 5.32 Å². The number of hydrogen-bond acceptors (Lipinski definition) is 1. The summed E-state index contributed by atoms with van der Waals surface area (Å²) in [5.41, 5.74) is 4.08. The fraction of sp³-hybridized carbons (Fsp3) is 0.533. The van der Waals surface area contributed by atoms with Crippen molar-refractivity contribution in [3.63, 3.8) is 0 Å². The number of rotatable bonds is 3. The maximum atomic E-state index is 11.6. The van der Waals surface area contributed by atoms with Gasteiger partial charge in [-0.1, -0.05) is 18.2 Å². The molecule has 1 amide bonds. The molecule has 1 N–H and O–H groups in total. The lowest BCUT2D eigenvalue weighted by atomic mass is 9.89. The van der Waals surface area contributed by atoms with Crippen molar-refractivity contribution in [2.45, 2.75) is 50.9 Å². The van der Waals surface area contributed by atoms with Gasteiger partial charge in [0.2, 0.25) is 5.91 Å². The van der Waals surface area contributed by atoms with E-state index in [0.717, 1.165) is 6.42 Å². The first-order chi connectivity index (χ1) is 8.58. The van der Waals surface area contributed by atoms with Crippen molar-refractivity contribution in [3.8, 4) is 0 Å². The van der Waals surface area contributed by atoms with E-state index in [0.29, 0.717) is 0 Å². The number of nitrogens with one attached hydrogen (secondary N) is 1. The first-order valence-electron chi connectivity index (χ1n) is 6.64. The van der Waals surface area contributed by atoms with Gasteiger partial charge in [0.1, 0.15) is 5.38 Å². The van der Waals surface area contributed by atoms with E-state index in [2.05, 4.69) is 23.5 Å². The Balaban J connectivity index is 2.11. The second kappa shape index (κ2) is 5.75. The Morgan fingerprint density at radius 2 is 1.89 bits per heavy atom. The molecule has 1 aliphatic carbocycles. The van der Waals surface area contributed by atoms with E-state index in [-0.39, 0.29) is 11.9 Å². The lowest BCUT2D eigenvalue weighted by Gasteiger charge is -2.20. The van der Waals surface area contributed by atoms with Gasteiger partial charge in [0.25, 0.3) is 0 Å². The predicted octanol–water partition coefficient (Wildman–Crippen LogP) is 3.37. The van der Waals surface area contributed by atoms with Gasteiger partial charge in [-0.2, -0.15) is 0 Å². The summed E-state index contributed by atoms with van der Waals surface area (Å²) in [6, 6.07) is 6.58. The molecule has 3 heteroatoms. The monoisotopic (exact) mass is 265 g/mol. The number of alkyl halides is 1. The van der Waals surface area contributed by atoms with E-state index < -0.39 is 5.38 Å². The predicted molar refractivity (Wildman–Crippen MR) is 75.0 cm³/mol. The van der Waals surface area contributed by atoms with Crippen molar-refractivity contribution in [3.05, 3.63) is 34.9 Å². The minimum Gasteiger partial charge on any atom is -0.348 e. The highest BCUT2D eigenvalue weighted by molar-refractivity contribution is 6.30.